The van der Waals surface area contributed by atoms with E-state index in [1.54, 1.807) is 7.11 Å². The van der Waals surface area contributed by atoms with Crippen LogP contribution in [0.25, 0.3) is 0 Å². The fourth-order valence-corrected chi connectivity index (χ4v) is 1.89. The lowest BCUT2D eigenvalue weighted by Crippen LogP contribution is -2.27. The first kappa shape index (κ1) is 11.3. The molecule has 1 aromatic rings. The minimum Gasteiger partial charge on any atom is -0.497 e. The molecule has 78 valence electrons. The molecule has 1 aromatic carbocycles. The van der Waals surface area contributed by atoms with Crippen LogP contribution in [-0.4, -0.2) is 13.2 Å². The van der Waals surface area contributed by atoms with Gasteiger partial charge < -0.3 is 10.5 Å². The summed E-state index contributed by atoms with van der Waals surface area (Å²) in [5.74, 6) is 0.953. The number of halogens is 1. The van der Waals surface area contributed by atoms with Crippen LogP contribution in [0.3, 0.4) is 0 Å². The van der Waals surface area contributed by atoms with Gasteiger partial charge in [0.1, 0.15) is 5.75 Å². The number of hydrogen-bond donors (Lipinski definition) is 1. The molecular formula is C11H16ClNO. The SMILES string of the molecule is COc1ccc2c(c1)CC[C@H](N)C2.Cl. The highest BCUT2D eigenvalue weighted by Gasteiger charge is 2.15. The molecule has 1 aliphatic carbocycles. The number of hydrogen-bond acceptors (Lipinski definition) is 2. The summed E-state index contributed by atoms with van der Waals surface area (Å²) in [4.78, 5) is 0. The van der Waals surface area contributed by atoms with Crippen LogP contribution in [0.15, 0.2) is 18.2 Å². The Bertz CT molecular complexity index is 314. The van der Waals surface area contributed by atoms with E-state index in [0.717, 1.165) is 25.0 Å². The molecule has 14 heavy (non-hydrogen) atoms. The minimum absolute atomic E-state index is 0. The molecule has 0 aromatic heterocycles. The predicted molar refractivity (Wildman–Crippen MR) is 60.2 cm³/mol. The van der Waals surface area contributed by atoms with Gasteiger partial charge in [0.05, 0.1) is 7.11 Å². The molecule has 0 saturated carbocycles. The van der Waals surface area contributed by atoms with E-state index in [9.17, 15) is 0 Å². The highest BCUT2D eigenvalue weighted by molar-refractivity contribution is 5.85. The summed E-state index contributed by atoms with van der Waals surface area (Å²) in [5.41, 5.74) is 8.68. The van der Waals surface area contributed by atoms with Crippen molar-refractivity contribution in [1.82, 2.24) is 0 Å². The summed E-state index contributed by atoms with van der Waals surface area (Å²) >= 11 is 0. The Labute approximate surface area is 90.9 Å². The van der Waals surface area contributed by atoms with Crippen molar-refractivity contribution in [1.29, 1.82) is 0 Å². The summed E-state index contributed by atoms with van der Waals surface area (Å²) in [5, 5.41) is 0. The minimum atomic E-state index is 0. The molecule has 0 unspecified atom stereocenters. The number of fused-ring (bicyclic) bond motifs is 1. The molecule has 2 rings (SSSR count). The van der Waals surface area contributed by atoms with E-state index < -0.39 is 0 Å². The summed E-state index contributed by atoms with van der Waals surface area (Å²) in [6, 6.07) is 6.62. The number of rotatable bonds is 1. The first-order valence-electron chi connectivity index (χ1n) is 4.71. The molecule has 1 aliphatic rings. The second kappa shape index (κ2) is 4.67. The molecule has 1 atom stereocenters. The summed E-state index contributed by atoms with van der Waals surface area (Å²) < 4.78 is 5.18. The zero-order chi connectivity index (χ0) is 9.26. The summed E-state index contributed by atoms with van der Waals surface area (Å²) in [7, 11) is 1.70. The zero-order valence-electron chi connectivity index (χ0n) is 8.32. The van der Waals surface area contributed by atoms with E-state index >= 15 is 0 Å². The topological polar surface area (TPSA) is 35.2 Å². The van der Waals surface area contributed by atoms with Crippen LogP contribution in [0, 0.1) is 0 Å². The molecule has 0 radical (unpaired) electrons. The third kappa shape index (κ3) is 2.20. The molecule has 0 spiro atoms. The number of benzene rings is 1. The van der Waals surface area contributed by atoms with Gasteiger partial charge in [0, 0.05) is 6.04 Å². The van der Waals surface area contributed by atoms with Gasteiger partial charge in [-0.1, -0.05) is 6.07 Å². The van der Waals surface area contributed by atoms with Crippen molar-refractivity contribution in [2.75, 3.05) is 7.11 Å². The van der Waals surface area contributed by atoms with E-state index in [2.05, 4.69) is 12.1 Å². The first-order chi connectivity index (χ1) is 6.29. The molecule has 0 heterocycles. The van der Waals surface area contributed by atoms with Crippen molar-refractivity contribution >= 4 is 12.4 Å². The van der Waals surface area contributed by atoms with Crippen LogP contribution in [0.4, 0.5) is 0 Å². The lowest BCUT2D eigenvalue weighted by Gasteiger charge is -2.21. The van der Waals surface area contributed by atoms with E-state index in [1.165, 1.54) is 11.1 Å². The van der Waals surface area contributed by atoms with Gasteiger partial charge in [-0.25, -0.2) is 0 Å². The largest absolute Gasteiger partial charge is 0.497 e. The van der Waals surface area contributed by atoms with Crippen molar-refractivity contribution in [2.24, 2.45) is 5.73 Å². The predicted octanol–water partition coefficient (Wildman–Crippen LogP) is 1.93. The van der Waals surface area contributed by atoms with Crippen LogP contribution in [0.2, 0.25) is 0 Å². The highest BCUT2D eigenvalue weighted by Crippen LogP contribution is 2.24. The number of nitrogens with two attached hydrogens (primary N) is 1. The summed E-state index contributed by atoms with van der Waals surface area (Å²) in [6.07, 6.45) is 3.20. The maximum atomic E-state index is 5.89. The van der Waals surface area contributed by atoms with Crippen LogP contribution in [-0.2, 0) is 12.8 Å². The smallest absolute Gasteiger partial charge is 0.119 e. The van der Waals surface area contributed by atoms with Crippen LogP contribution >= 0.6 is 12.4 Å². The molecule has 2 N–H and O–H groups in total. The van der Waals surface area contributed by atoms with Crippen LogP contribution in [0.1, 0.15) is 17.5 Å². The highest BCUT2D eigenvalue weighted by atomic mass is 35.5. The Kier molecular flexibility index (Phi) is 3.78. The molecule has 0 bridgehead atoms. The second-order valence-corrected chi connectivity index (χ2v) is 3.64. The molecular weight excluding hydrogens is 198 g/mol. The Morgan fingerprint density at radius 1 is 1.36 bits per heavy atom. The van der Waals surface area contributed by atoms with Crippen molar-refractivity contribution in [3.63, 3.8) is 0 Å². The van der Waals surface area contributed by atoms with Crippen molar-refractivity contribution in [3.8, 4) is 5.75 Å². The van der Waals surface area contributed by atoms with Gasteiger partial charge in [-0.2, -0.15) is 0 Å². The van der Waals surface area contributed by atoms with Crippen molar-refractivity contribution in [2.45, 2.75) is 25.3 Å². The van der Waals surface area contributed by atoms with Crippen molar-refractivity contribution in [3.05, 3.63) is 29.3 Å². The fourth-order valence-electron chi connectivity index (χ4n) is 1.89. The Morgan fingerprint density at radius 3 is 2.86 bits per heavy atom. The van der Waals surface area contributed by atoms with E-state index in [-0.39, 0.29) is 12.4 Å². The number of aryl methyl sites for hydroxylation is 1. The molecule has 3 heteroatoms. The molecule has 0 aliphatic heterocycles. The fraction of sp³-hybridized carbons (Fsp3) is 0.455. The number of methoxy groups -OCH3 is 1. The van der Waals surface area contributed by atoms with Crippen LogP contribution in [0.5, 0.6) is 5.75 Å². The monoisotopic (exact) mass is 213 g/mol. The lowest BCUT2D eigenvalue weighted by atomic mass is 9.89. The molecule has 0 fully saturated rings. The first-order valence-corrected chi connectivity index (χ1v) is 4.71. The zero-order valence-corrected chi connectivity index (χ0v) is 9.14. The van der Waals surface area contributed by atoms with Gasteiger partial charge in [0.15, 0.2) is 0 Å². The van der Waals surface area contributed by atoms with Gasteiger partial charge >= 0.3 is 0 Å². The maximum Gasteiger partial charge on any atom is 0.119 e. The van der Waals surface area contributed by atoms with Gasteiger partial charge in [-0.3, -0.25) is 0 Å². The van der Waals surface area contributed by atoms with Gasteiger partial charge in [-0.05, 0) is 42.5 Å². The quantitative estimate of drug-likeness (QED) is 0.774. The van der Waals surface area contributed by atoms with Crippen LogP contribution < -0.4 is 10.5 Å². The second-order valence-electron chi connectivity index (χ2n) is 3.64. The Morgan fingerprint density at radius 2 is 2.14 bits per heavy atom. The van der Waals surface area contributed by atoms with Gasteiger partial charge in [-0.15, -0.1) is 12.4 Å². The van der Waals surface area contributed by atoms with E-state index in [4.69, 9.17) is 10.5 Å². The average Bonchev–Trinajstić information content (AvgIpc) is 2.17. The normalized spacial score (nSPS) is 19.4. The molecule has 0 saturated heterocycles. The molecule has 0 amide bonds. The average molecular weight is 214 g/mol. The molecule has 2 nitrogen and oxygen atoms in total. The van der Waals surface area contributed by atoms with Crippen molar-refractivity contribution < 1.29 is 4.74 Å². The third-order valence-electron chi connectivity index (χ3n) is 2.68. The van der Waals surface area contributed by atoms with Gasteiger partial charge in [0.25, 0.3) is 0 Å². The summed E-state index contributed by atoms with van der Waals surface area (Å²) in [6.45, 7) is 0. The Balaban J connectivity index is 0.000000980. The Hall–Kier alpha value is -0.730. The third-order valence-corrected chi connectivity index (χ3v) is 2.68. The van der Waals surface area contributed by atoms with Gasteiger partial charge in [0.2, 0.25) is 0 Å². The number of ether oxygens (including phenoxy) is 1. The standard InChI is InChI=1S/C11H15NO.ClH/c1-13-11-5-3-8-6-10(12)4-2-9(8)7-11;/h3,5,7,10H,2,4,6,12H2,1H3;1H/t10-;/m0./s1. The maximum absolute atomic E-state index is 5.89. The lowest BCUT2D eigenvalue weighted by molar-refractivity contribution is 0.413. The van der Waals surface area contributed by atoms with E-state index in [1.807, 2.05) is 6.07 Å². The van der Waals surface area contributed by atoms with E-state index in [0.29, 0.717) is 6.04 Å².